The maximum Gasteiger partial charge on any atom is 0.293 e. The SMILES string of the molecule is O=C(c1nc(-c2ccccc2)n(-c2ccccc2Cl)n1)N1CCCCC1. The van der Waals surface area contributed by atoms with Crippen molar-refractivity contribution >= 4 is 17.5 Å². The number of rotatable bonds is 3. The topological polar surface area (TPSA) is 51.0 Å². The molecule has 1 amide bonds. The molecule has 26 heavy (non-hydrogen) atoms. The molecule has 3 aromatic rings. The number of amides is 1. The fourth-order valence-corrected chi connectivity index (χ4v) is 3.42. The van der Waals surface area contributed by atoms with Crippen molar-refractivity contribution in [1.82, 2.24) is 19.7 Å². The highest BCUT2D eigenvalue weighted by atomic mass is 35.5. The largest absolute Gasteiger partial charge is 0.336 e. The summed E-state index contributed by atoms with van der Waals surface area (Å²) in [6, 6.07) is 17.2. The summed E-state index contributed by atoms with van der Waals surface area (Å²) in [6.07, 6.45) is 3.23. The molecule has 2 heterocycles. The van der Waals surface area contributed by atoms with Gasteiger partial charge in [-0.25, -0.2) is 9.67 Å². The third kappa shape index (κ3) is 3.22. The third-order valence-corrected chi connectivity index (χ3v) is 4.87. The maximum atomic E-state index is 12.9. The van der Waals surface area contributed by atoms with Gasteiger partial charge in [-0.15, -0.1) is 5.10 Å². The Morgan fingerprint density at radius 3 is 2.35 bits per heavy atom. The Labute approximate surface area is 157 Å². The number of halogens is 1. The number of hydrogen-bond donors (Lipinski definition) is 0. The van der Waals surface area contributed by atoms with Crippen LogP contribution in [0.4, 0.5) is 0 Å². The van der Waals surface area contributed by atoms with E-state index in [9.17, 15) is 4.79 Å². The predicted molar refractivity (Wildman–Crippen MR) is 102 cm³/mol. The molecule has 0 bridgehead atoms. The molecule has 1 saturated heterocycles. The van der Waals surface area contributed by atoms with Crippen LogP contribution in [0.15, 0.2) is 54.6 Å². The summed E-state index contributed by atoms with van der Waals surface area (Å²) in [7, 11) is 0. The van der Waals surface area contributed by atoms with Gasteiger partial charge in [0.1, 0.15) is 0 Å². The highest BCUT2D eigenvalue weighted by molar-refractivity contribution is 6.32. The fourth-order valence-electron chi connectivity index (χ4n) is 3.21. The van der Waals surface area contributed by atoms with Crippen LogP contribution in [0.1, 0.15) is 29.9 Å². The van der Waals surface area contributed by atoms with E-state index in [1.54, 1.807) is 10.7 Å². The molecule has 0 saturated carbocycles. The van der Waals surface area contributed by atoms with Crippen molar-refractivity contribution in [3.8, 4) is 17.1 Å². The minimum absolute atomic E-state index is 0.118. The summed E-state index contributed by atoms with van der Waals surface area (Å²) in [5.41, 5.74) is 1.59. The first-order chi connectivity index (χ1) is 12.7. The van der Waals surface area contributed by atoms with E-state index in [1.165, 1.54) is 6.42 Å². The normalized spacial score (nSPS) is 14.4. The second-order valence-corrected chi connectivity index (χ2v) is 6.75. The molecular formula is C20H19ClN4O. The Morgan fingerprint density at radius 1 is 0.923 bits per heavy atom. The van der Waals surface area contributed by atoms with E-state index in [0.29, 0.717) is 16.5 Å². The lowest BCUT2D eigenvalue weighted by atomic mass is 10.1. The molecule has 1 aliphatic rings. The number of likely N-dealkylation sites (tertiary alicyclic amines) is 1. The lowest BCUT2D eigenvalue weighted by Crippen LogP contribution is -2.36. The van der Waals surface area contributed by atoms with Crippen LogP contribution in [0, 0.1) is 0 Å². The van der Waals surface area contributed by atoms with E-state index < -0.39 is 0 Å². The molecule has 1 fully saturated rings. The molecule has 2 aromatic carbocycles. The van der Waals surface area contributed by atoms with Crippen LogP contribution in [0.25, 0.3) is 17.1 Å². The Morgan fingerprint density at radius 2 is 1.62 bits per heavy atom. The van der Waals surface area contributed by atoms with Gasteiger partial charge in [-0.3, -0.25) is 4.79 Å². The average molecular weight is 367 g/mol. The summed E-state index contributed by atoms with van der Waals surface area (Å²) in [6.45, 7) is 1.53. The van der Waals surface area contributed by atoms with Crippen molar-refractivity contribution in [1.29, 1.82) is 0 Å². The molecule has 132 valence electrons. The summed E-state index contributed by atoms with van der Waals surface area (Å²) >= 11 is 6.37. The second kappa shape index (κ2) is 7.30. The van der Waals surface area contributed by atoms with Gasteiger partial charge in [0.2, 0.25) is 5.82 Å². The standard InChI is InChI=1S/C20H19ClN4O/c21-16-11-5-6-12-17(16)25-19(15-9-3-1-4-10-15)22-18(23-25)20(26)24-13-7-2-8-14-24/h1,3-6,9-12H,2,7-8,13-14H2. The van der Waals surface area contributed by atoms with Crippen molar-refractivity contribution in [3.05, 3.63) is 65.4 Å². The van der Waals surface area contributed by atoms with Crippen LogP contribution in [0.3, 0.4) is 0 Å². The molecule has 0 N–H and O–H groups in total. The molecule has 0 aliphatic carbocycles. The molecule has 4 rings (SSSR count). The molecule has 6 heteroatoms. The number of carbonyl (C=O) groups is 1. The average Bonchev–Trinajstić information content (AvgIpc) is 3.14. The summed E-state index contributed by atoms with van der Waals surface area (Å²) in [4.78, 5) is 19.3. The molecule has 0 unspecified atom stereocenters. The Hall–Kier alpha value is -2.66. The van der Waals surface area contributed by atoms with E-state index in [2.05, 4.69) is 10.1 Å². The smallest absolute Gasteiger partial charge is 0.293 e. The minimum atomic E-state index is -0.118. The van der Waals surface area contributed by atoms with Gasteiger partial charge < -0.3 is 4.90 Å². The Kier molecular flexibility index (Phi) is 4.71. The van der Waals surface area contributed by atoms with Crippen LogP contribution in [-0.2, 0) is 0 Å². The van der Waals surface area contributed by atoms with E-state index in [-0.39, 0.29) is 11.7 Å². The number of piperidine rings is 1. The monoisotopic (exact) mass is 366 g/mol. The van der Waals surface area contributed by atoms with Crippen molar-refractivity contribution in [2.45, 2.75) is 19.3 Å². The molecular weight excluding hydrogens is 348 g/mol. The quantitative estimate of drug-likeness (QED) is 0.697. The van der Waals surface area contributed by atoms with Gasteiger partial charge in [0.05, 0.1) is 10.7 Å². The van der Waals surface area contributed by atoms with Crippen molar-refractivity contribution in [3.63, 3.8) is 0 Å². The third-order valence-electron chi connectivity index (χ3n) is 4.55. The second-order valence-electron chi connectivity index (χ2n) is 6.34. The molecule has 0 atom stereocenters. The molecule has 0 radical (unpaired) electrons. The zero-order valence-corrected chi connectivity index (χ0v) is 15.1. The minimum Gasteiger partial charge on any atom is -0.336 e. The summed E-state index contributed by atoms with van der Waals surface area (Å²) in [5, 5.41) is 5.08. The predicted octanol–water partition coefficient (Wildman–Crippen LogP) is 4.21. The van der Waals surface area contributed by atoms with E-state index in [4.69, 9.17) is 11.6 Å². The fraction of sp³-hybridized carbons (Fsp3) is 0.250. The molecule has 5 nitrogen and oxygen atoms in total. The van der Waals surface area contributed by atoms with Gasteiger partial charge in [-0.2, -0.15) is 0 Å². The number of benzene rings is 2. The van der Waals surface area contributed by atoms with Crippen LogP contribution in [-0.4, -0.2) is 38.7 Å². The number of para-hydroxylation sites is 1. The van der Waals surface area contributed by atoms with Gasteiger partial charge in [-0.05, 0) is 31.4 Å². The van der Waals surface area contributed by atoms with E-state index in [1.807, 2.05) is 53.4 Å². The van der Waals surface area contributed by atoms with Crippen LogP contribution in [0.2, 0.25) is 5.02 Å². The van der Waals surface area contributed by atoms with E-state index >= 15 is 0 Å². The Balaban J connectivity index is 1.80. The van der Waals surface area contributed by atoms with Crippen LogP contribution in [0.5, 0.6) is 0 Å². The summed E-state index contributed by atoms with van der Waals surface area (Å²) in [5.74, 6) is 0.706. The Bertz CT molecular complexity index is 917. The first-order valence-electron chi connectivity index (χ1n) is 8.81. The highest BCUT2D eigenvalue weighted by Crippen LogP contribution is 2.26. The first kappa shape index (κ1) is 16.8. The van der Waals surface area contributed by atoms with Gasteiger partial charge in [0.15, 0.2) is 5.82 Å². The lowest BCUT2D eigenvalue weighted by Gasteiger charge is -2.25. The van der Waals surface area contributed by atoms with Gasteiger partial charge in [0.25, 0.3) is 5.91 Å². The number of aromatic nitrogens is 3. The first-order valence-corrected chi connectivity index (χ1v) is 9.18. The zero-order chi connectivity index (χ0) is 17.9. The van der Waals surface area contributed by atoms with Crippen molar-refractivity contribution in [2.75, 3.05) is 13.1 Å². The zero-order valence-electron chi connectivity index (χ0n) is 14.3. The molecule has 0 spiro atoms. The molecule has 1 aliphatic heterocycles. The lowest BCUT2D eigenvalue weighted by molar-refractivity contribution is 0.0712. The summed E-state index contributed by atoms with van der Waals surface area (Å²) < 4.78 is 1.66. The van der Waals surface area contributed by atoms with Crippen molar-refractivity contribution < 1.29 is 4.79 Å². The van der Waals surface area contributed by atoms with Gasteiger partial charge >= 0.3 is 0 Å². The van der Waals surface area contributed by atoms with Gasteiger partial charge in [0, 0.05) is 18.7 Å². The maximum absolute atomic E-state index is 12.9. The van der Waals surface area contributed by atoms with E-state index in [0.717, 1.165) is 31.5 Å². The number of nitrogens with zero attached hydrogens (tertiary/aromatic N) is 4. The highest BCUT2D eigenvalue weighted by Gasteiger charge is 2.25. The van der Waals surface area contributed by atoms with Crippen molar-refractivity contribution in [2.24, 2.45) is 0 Å². The van der Waals surface area contributed by atoms with Crippen LogP contribution < -0.4 is 0 Å². The van der Waals surface area contributed by atoms with Crippen LogP contribution >= 0.6 is 11.6 Å². The number of carbonyl (C=O) groups excluding carboxylic acids is 1. The number of hydrogen-bond acceptors (Lipinski definition) is 3. The molecule has 1 aromatic heterocycles. The van der Waals surface area contributed by atoms with Gasteiger partial charge in [-0.1, -0.05) is 54.1 Å².